The van der Waals surface area contributed by atoms with Gasteiger partial charge in [-0.3, -0.25) is 0 Å². The van der Waals surface area contributed by atoms with Gasteiger partial charge in [0.25, 0.3) is 0 Å². The Morgan fingerprint density at radius 2 is 2.26 bits per heavy atom. The van der Waals surface area contributed by atoms with E-state index >= 15 is 0 Å². The SMILES string of the molecule is Cc1cc(N)cc(C(=O)OCc2sccc2Br)c1F. The molecule has 1 heterocycles. The van der Waals surface area contributed by atoms with Crippen molar-refractivity contribution in [3.63, 3.8) is 0 Å². The molecule has 0 saturated carbocycles. The Balaban J connectivity index is 2.15. The van der Waals surface area contributed by atoms with Crippen molar-refractivity contribution in [1.82, 2.24) is 0 Å². The van der Waals surface area contributed by atoms with E-state index in [-0.39, 0.29) is 12.2 Å². The summed E-state index contributed by atoms with van der Waals surface area (Å²) in [6, 6.07) is 4.62. The summed E-state index contributed by atoms with van der Waals surface area (Å²) in [6.45, 7) is 1.66. The van der Waals surface area contributed by atoms with E-state index in [4.69, 9.17) is 10.5 Å². The minimum absolute atomic E-state index is 0.102. The molecule has 100 valence electrons. The second-order valence-corrected chi connectivity index (χ2v) is 5.82. The Labute approximate surface area is 122 Å². The molecule has 0 aliphatic heterocycles. The number of nitrogen functional groups attached to an aromatic ring is 1. The number of anilines is 1. The highest BCUT2D eigenvalue weighted by atomic mass is 79.9. The lowest BCUT2D eigenvalue weighted by Gasteiger charge is -2.07. The number of thiophene rings is 1. The van der Waals surface area contributed by atoms with Crippen molar-refractivity contribution in [2.45, 2.75) is 13.5 Å². The van der Waals surface area contributed by atoms with Crippen LogP contribution in [0.4, 0.5) is 10.1 Å². The van der Waals surface area contributed by atoms with Crippen LogP contribution in [0.15, 0.2) is 28.1 Å². The van der Waals surface area contributed by atoms with E-state index < -0.39 is 11.8 Å². The molecule has 2 aromatic rings. The van der Waals surface area contributed by atoms with Crippen LogP contribution in [0.3, 0.4) is 0 Å². The number of rotatable bonds is 3. The summed E-state index contributed by atoms with van der Waals surface area (Å²) < 4.78 is 19.8. The number of ether oxygens (including phenoxy) is 1. The normalized spacial score (nSPS) is 10.5. The third-order valence-corrected chi connectivity index (χ3v) is 4.42. The molecular weight excluding hydrogens is 333 g/mol. The van der Waals surface area contributed by atoms with Crippen molar-refractivity contribution >= 4 is 38.9 Å². The van der Waals surface area contributed by atoms with Crippen LogP contribution in [0.1, 0.15) is 20.8 Å². The third-order valence-electron chi connectivity index (χ3n) is 2.52. The molecule has 3 nitrogen and oxygen atoms in total. The minimum Gasteiger partial charge on any atom is -0.456 e. The summed E-state index contributed by atoms with van der Waals surface area (Å²) in [5, 5.41) is 1.87. The van der Waals surface area contributed by atoms with Gasteiger partial charge in [-0.1, -0.05) is 0 Å². The number of halogens is 2. The van der Waals surface area contributed by atoms with Crippen LogP contribution in [0.5, 0.6) is 0 Å². The molecule has 0 aliphatic rings. The fourth-order valence-electron chi connectivity index (χ4n) is 1.58. The molecule has 0 atom stereocenters. The van der Waals surface area contributed by atoms with Gasteiger partial charge in [-0.2, -0.15) is 0 Å². The highest BCUT2D eigenvalue weighted by Crippen LogP contribution is 2.24. The Morgan fingerprint density at radius 3 is 2.89 bits per heavy atom. The molecule has 0 unspecified atom stereocenters. The lowest BCUT2D eigenvalue weighted by Crippen LogP contribution is -2.09. The summed E-state index contributed by atoms with van der Waals surface area (Å²) in [6.07, 6.45) is 0. The van der Waals surface area contributed by atoms with Crippen LogP contribution in [0.2, 0.25) is 0 Å². The fraction of sp³-hybridized carbons (Fsp3) is 0.154. The highest BCUT2D eigenvalue weighted by Gasteiger charge is 2.16. The molecule has 1 aromatic carbocycles. The number of aryl methyl sites for hydroxylation is 1. The predicted octanol–water partition coefficient (Wildman–Crippen LogP) is 3.90. The largest absolute Gasteiger partial charge is 0.456 e. The maximum Gasteiger partial charge on any atom is 0.341 e. The number of hydrogen-bond acceptors (Lipinski definition) is 4. The zero-order chi connectivity index (χ0) is 14.0. The summed E-state index contributed by atoms with van der Waals surface area (Å²) in [4.78, 5) is 12.7. The van der Waals surface area contributed by atoms with Gasteiger partial charge in [0.1, 0.15) is 12.4 Å². The van der Waals surface area contributed by atoms with E-state index in [1.807, 2.05) is 11.4 Å². The van der Waals surface area contributed by atoms with E-state index in [1.54, 1.807) is 6.92 Å². The van der Waals surface area contributed by atoms with Gasteiger partial charge >= 0.3 is 5.97 Å². The van der Waals surface area contributed by atoms with Gasteiger partial charge in [-0.05, 0) is 52.0 Å². The lowest BCUT2D eigenvalue weighted by atomic mass is 10.1. The molecule has 0 radical (unpaired) electrons. The Bertz CT molecular complexity index is 627. The summed E-state index contributed by atoms with van der Waals surface area (Å²) >= 11 is 4.79. The van der Waals surface area contributed by atoms with Crippen molar-refractivity contribution in [2.24, 2.45) is 0 Å². The van der Waals surface area contributed by atoms with Gasteiger partial charge in [0.15, 0.2) is 0 Å². The predicted molar refractivity (Wildman–Crippen MR) is 76.7 cm³/mol. The van der Waals surface area contributed by atoms with E-state index in [1.165, 1.54) is 23.5 Å². The molecule has 0 spiro atoms. The van der Waals surface area contributed by atoms with E-state index in [9.17, 15) is 9.18 Å². The number of carbonyl (C=O) groups is 1. The van der Waals surface area contributed by atoms with Gasteiger partial charge in [0, 0.05) is 10.2 Å². The number of nitrogens with two attached hydrogens (primary N) is 1. The van der Waals surface area contributed by atoms with Gasteiger partial charge in [0.05, 0.1) is 10.4 Å². The first-order valence-electron chi connectivity index (χ1n) is 5.43. The van der Waals surface area contributed by atoms with Crippen molar-refractivity contribution in [3.05, 3.63) is 49.9 Å². The van der Waals surface area contributed by atoms with Crippen molar-refractivity contribution < 1.29 is 13.9 Å². The maximum absolute atomic E-state index is 13.8. The standard InChI is InChI=1S/C13H11BrFNO2S/c1-7-4-8(16)5-9(12(7)15)13(17)18-6-11-10(14)2-3-19-11/h2-5H,6,16H2,1H3. The molecule has 2 N–H and O–H groups in total. The molecule has 0 bridgehead atoms. The second-order valence-electron chi connectivity index (χ2n) is 3.97. The van der Waals surface area contributed by atoms with Crippen LogP contribution in [-0.2, 0) is 11.3 Å². The van der Waals surface area contributed by atoms with Crippen LogP contribution in [-0.4, -0.2) is 5.97 Å². The van der Waals surface area contributed by atoms with Crippen molar-refractivity contribution in [2.75, 3.05) is 5.73 Å². The fourth-order valence-corrected chi connectivity index (χ4v) is 2.96. The molecule has 6 heteroatoms. The number of hydrogen-bond donors (Lipinski definition) is 1. The molecule has 1 aromatic heterocycles. The topological polar surface area (TPSA) is 52.3 Å². The zero-order valence-electron chi connectivity index (χ0n) is 10.1. The number of benzene rings is 1. The smallest absolute Gasteiger partial charge is 0.341 e. The van der Waals surface area contributed by atoms with Gasteiger partial charge in [-0.25, -0.2) is 9.18 Å². The molecular formula is C13H11BrFNO2S. The molecule has 0 saturated heterocycles. The highest BCUT2D eigenvalue weighted by molar-refractivity contribution is 9.10. The third kappa shape index (κ3) is 3.13. The van der Waals surface area contributed by atoms with Crippen molar-refractivity contribution in [1.29, 1.82) is 0 Å². The Morgan fingerprint density at radius 1 is 1.53 bits per heavy atom. The van der Waals surface area contributed by atoms with Gasteiger partial charge < -0.3 is 10.5 Å². The zero-order valence-corrected chi connectivity index (χ0v) is 12.5. The van der Waals surface area contributed by atoms with Crippen LogP contribution in [0.25, 0.3) is 0 Å². The van der Waals surface area contributed by atoms with Crippen LogP contribution >= 0.6 is 27.3 Å². The van der Waals surface area contributed by atoms with E-state index in [0.717, 1.165) is 9.35 Å². The number of carbonyl (C=O) groups excluding carboxylic acids is 1. The molecule has 0 fully saturated rings. The molecule has 2 rings (SSSR count). The first-order valence-corrected chi connectivity index (χ1v) is 7.11. The first-order chi connectivity index (χ1) is 8.99. The molecule has 19 heavy (non-hydrogen) atoms. The minimum atomic E-state index is -0.715. The number of esters is 1. The Kier molecular flexibility index (Phi) is 4.21. The van der Waals surface area contributed by atoms with Crippen molar-refractivity contribution in [3.8, 4) is 0 Å². The van der Waals surface area contributed by atoms with E-state index in [0.29, 0.717) is 11.3 Å². The average molecular weight is 344 g/mol. The summed E-state index contributed by atoms with van der Waals surface area (Å²) in [5.74, 6) is -1.31. The van der Waals surface area contributed by atoms with Gasteiger partial charge in [0.2, 0.25) is 0 Å². The monoisotopic (exact) mass is 343 g/mol. The van der Waals surface area contributed by atoms with E-state index in [2.05, 4.69) is 15.9 Å². The molecule has 0 amide bonds. The van der Waals surface area contributed by atoms with Crippen LogP contribution in [0, 0.1) is 12.7 Å². The average Bonchev–Trinajstić information content (AvgIpc) is 2.76. The lowest BCUT2D eigenvalue weighted by molar-refractivity contribution is 0.0470. The van der Waals surface area contributed by atoms with Gasteiger partial charge in [-0.15, -0.1) is 11.3 Å². The maximum atomic E-state index is 13.8. The van der Waals surface area contributed by atoms with Crippen LogP contribution < -0.4 is 5.73 Å². The Hall–Kier alpha value is -1.40. The second kappa shape index (κ2) is 5.71. The quantitative estimate of drug-likeness (QED) is 0.679. The summed E-state index contributed by atoms with van der Waals surface area (Å²) in [7, 11) is 0. The first kappa shape index (κ1) is 14.0. The molecule has 0 aliphatic carbocycles. The summed E-state index contributed by atoms with van der Waals surface area (Å²) in [5.41, 5.74) is 6.13.